The Bertz CT molecular complexity index is 784. The normalized spacial score (nSPS) is 11.3. The largest absolute Gasteiger partial charge is 0.317 e. The van der Waals surface area contributed by atoms with Crippen LogP contribution in [-0.2, 0) is 13.0 Å². The molecule has 0 fully saturated rings. The Morgan fingerprint density at radius 2 is 1.96 bits per heavy atom. The molecule has 0 aliphatic carbocycles. The Morgan fingerprint density at radius 3 is 2.57 bits per heavy atom. The summed E-state index contributed by atoms with van der Waals surface area (Å²) in [6.07, 6.45) is 4.78. The quantitative estimate of drug-likeness (QED) is 0.570. The number of thiophene rings is 1. The average molecular weight is 345 g/mol. The van der Waals surface area contributed by atoms with E-state index in [0.29, 0.717) is 11.2 Å². The predicted octanol–water partition coefficient (Wildman–Crippen LogP) is 5.82. The fraction of sp³-hybridized carbons (Fsp3) is 0.316. The van der Waals surface area contributed by atoms with Gasteiger partial charge in [0.15, 0.2) is 0 Å². The number of imidazole rings is 1. The van der Waals surface area contributed by atoms with Crippen LogP contribution < -0.4 is 0 Å². The second-order valence-corrected chi connectivity index (χ2v) is 7.62. The van der Waals surface area contributed by atoms with Gasteiger partial charge in [-0.1, -0.05) is 38.1 Å². The number of rotatable bonds is 5. The van der Waals surface area contributed by atoms with Crippen molar-refractivity contribution >= 4 is 22.9 Å². The molecule has 2 nitrogen and oxygen atoms in total. The minimum absolute atomic E-state index is 0.529. The maximum atomic E-state index is 6.04. The van der Waals surface area contributed by atoms with E-state index in [9.17, 15) is 0 Å². The molecule has 3 rings (SSSR count). The lowest BCUT2D eigenvalue weighted by Gasteiger charge is -2.07. The van der Waals surface area contributed by atoms with E-state index < -0.39 is 0 Å². The summed E-state index contributed by atoms with van der Waals surface area (Å²) in [4.78, 5) is 5.55. The van der Waals surface area contributed by atoms with Crippen LogP contribution in [-0.4, -0.2) is 9.55 Å². The first kappa shape index (κ1) is 16.3. The molecule has 0 aliphatic rings. The Hall–Kier alpha value is -1.58. The predicted molar refractivity (Wildman–Crippen MR) is 99.4 cm³/mol. The molecule has 23 heavy (non-hydrogen) atoms. The Kier molecular flexibility index (Phi) is 4.88. The summed E-state index contributed by atoms with van der Waals surface area (Å²) in [5, 5.41) is 2.82. The average Bonchev–Trinajstić information content (AvgIpc) is 3.07. The molecule has 0 atom stereocenters. The van der Waals surface area contributed by atoms with Crippen molar-refractivity contribution in [2.45, 2.75) is 33.7 Å². The van der Waals surface area contributed by atoms with Gasteiger partial charge in [0.25, 0.3) is 0 Å². The second kappa shape index (κ2) is 6.90. The van der Waals surface area contributed by atoms with Crippen LogP contribution in [0, 0.1) is 12.8 Å². The van der Waals surface area contributed by atoms with Crippen LogP contribution in [0.1, 0.15) is 29.9 Å². The lowest BCUT2D eigenvalue weighted by Crippen LogP contribution is -1.98. The van der Waals surface area contributed by atoms with E-state index >= 15 is 0 Å². The number of benzene rings is 1. The van der Waals surface area contributed by atoms with Gasteiger partial charge in [-0.3, -0.25) is 0 Å². The van der Waals surface area contributed by atoms with E-state index in [1.54, 1.807) is 6.20 Å². The van der Waals surface area contributed by atoms with Crippen molar-refractivity contribution in [1.82, 2.24) is 9.55 Å². The molecule has 120 valence electrons. The van der Waals surface area contributed by atoms with Gasteiger partial charge >= 0.3 is 0 Å². The van der Waals surface area contributed by atoms with E-state index in [-0.39, 0.29) is 0 Å². The number of halogens is 1. The molecule has 0 N–H and O–H groups in total. The molecule has 0 aliphatic heterocycles. The van der Waals surface area contributed by atoms with Crippen LogP contribution in [0.3, 0.4) is 0 Å². The zero-order chi connectivity index (χ0) is 16.4. The van der Waals surface area contributed by atoms with Crippen molar-refractivity contribution in [2.75, 3.05) is 0 Å². The van der Waals surface area contributed by atoms with Gasteiger partial charge < -0.3 is 4.57 Å². The number of nitrogens with zero attached hydrogens (tertiary/aromatic N) is 2. The molecule has 2 heterocycles. The molecule has 0 unspecified atom stereocenters. The zero-order valence-corrected chi connectivity index (χ0v) is 15.3. The highest BCUT2D eigenvalue weighted by Crippen LogP contribution is 2.32. The fourth-order valence-electron chi connectivity index (χ4n) is 2.73. The summed E-state index contributed by atoms with van der Waals surface area (Å²) in [5.41, 5.74) is 5.30. The Labute approximate surface area is 146 Å². The van der Waals surface area contributed by atoms with Gasteiger partial charge in [-0.15, -0.1) is 11.3 Å². The smallest absolute Gasteiger partial charge is 0.202 e. The summed E-state index contributed by atoms with van der Waals surface area (Å²) < 4.78 is 1.94. The number of hydrogen-bond donors (Lipinski definition) is 0. The Balaban J connectivity index is 1.80. The summed E-state index contributed by atoms with van der Waals surface area (Å²) in [6, 6.07) is 8.75. The number of aromatic nitrogens is 2. The van der Waals surface area contributed by atoms with Gasteiger partial charge in [0.1, 0.15) is 0 Å². The molecule has 0 saturated carbocycles. The second-order valence-electron chi connectivity index (χ2n) is 6.32. The molecular formula is C19H21ClN2S. The van der Waals surface area contributed by atoms with E-state index in [0.717, 1.165) is 13.0 Å². The molecule has 3 aromatic rings. The standard InChI is InChI=1S/C19H21ClN2S/c1-13(2)10-18-14(3)17(12-23-18)16-6-4-15(5-7-16)11-22-9-8-21-19(22)20/h4-9,12-13H,10-11H2,1-3H3. The minimum Gasteiger partial charge on any atom is -0.317 e. The van der Waals surface area contributed by atoms with Gasteiger partial charge in [-0.2, -0.15) is 0 Å². The van der Waals surface area contributed by atoms with Crippen LogP contribution in [0.15, 0.2) is 42.0 Å². The summed E-state index contributed by atoms with van der Waals surface area (Å²) in [6.45, 7) is 7.53. The van der Waals surface area contributed by atoms with E-state index in [1.165, 1.54) is 27.1 Å². The van der Waals surface area contributed by atoms with Crippen LogP contribution in [0.2, 0.25) is 5.28 Å². The molecule has 0 amide bonds. The van der Waals surface area contributed by atoms with Gasteiger partial charge in [0, 0.05) is 23.8 Å². The van der Waals surface area contributed by atoms with Crippen molar-refractivity contribution in [2.24, 2.45) is 5.92 Å². The molecule has 2 aromatic heterocycles. The fourth-order valence-corrected chi connectivity index (χ4v) is 4.19. The van der Waals surface area contributed by atoms with Gasteiger partial charge in [-0.05, 0) is 58.5 Å². The summed E-state index contributed by atoms with van der Waals surface area (Å²) >= 11 is 7.91. The molecule has 4 heteroatoms. The Morgan fingerprint density at radius 1 is 1.22 bits per heavy atom. The van der Waals surface area contributed by atoms with Gasteiger partial charge in [0.2, 0.25) is 5.28 Å². The van der Waals surface area contributed by atoms with E-state index in [2.05, 4.69) is 55.4 Å². The van der Waals surface area contributed by atoms with Crippen molar-refractivity contribution in [3.8, 4) is 11.1 Å². The van der Waals surface area contributed by atoms with Crippen molar-refractivity contribution in [3.05, 3.63) is 63.3 Å². The van der Waals surface area contributed by atoms with Gasteiger partial charge in [0.05, 0.1) is 0 Å². The number of hydrogen-bond acceptors (Lipinski definition) is 2. The topological polar surface area (TPSA) is 17.8 Å². The third-order valence-electron chi connectivity index (χ3n) is 4.02. The summed E-state index contributed by atoms with van der Waals surface area (Å²) in [7, 11) is 0. The maximum absolute atomic E-state index is 6.04. The third kappa shape index (κ3) is 3.67. The third-order valence-corrected chi connectivity index (χ3v) is 5.44. The molecular weight excluding hydrogens is 324 g/mol. The molecule has 0 saturated heterocycles. The first-order chi connectivity index (χ1) is 11.0. The molecule has 0 bridgehead atoms. The SMILES string of the molecule is Cc1c(-c2ccc(Cn3ccnc3Cl)cc2)csc1CC(C)C. The molecule has 0 spiro atoms. The summed E-state index contributed by atoms with van der Waals surface area (Å²) in [5.74, 6) is 0.697. The van der Waals surface area contributed by atoms with Crippen LogP contribution in [0.4, 0.5) is 0 Å². The highest BCUT2D eigenvalue weighted by atomic mass is 35.5. The maximum Gasteiger partial charge on any atom is 0.202 e. The minimum atomic E-state index is 0.529. The van der Waals surface area contributed by atoms with Crippen LogP contribution in [0.25, 0.3) is 11.1 Å². The zero-order valence-electron chi connectivity index (χ0n) is 13.7. The van der Waals surface area contributed by atoms with Crippen molar-refractivity contribution in [1.29, 1.82) is 0 Å². The van der Waals surface area contributed by atoms with Gasteiger partial charge in [-0.25, -0.2) is 4.98 Å². The molecule has 1 aromatic carbocycles. The first-order valence-electron chi connectivity index (χ1n) is 7.87. The van der Waals surface area contributed by atoms with E-state index in [1.807, 2.05) is 22.1 Å². The van der Waals surface area contributed by atoms with Crippen LogP contribution >= 0.6 is 22.9 Å². The lowest BCUT2D eigenvalue weighted by molar-refractivity contribution is 0.652. The van der Waals surface area contributed by atoms with E-state index in [4.69, 9.17) is 11.6 Å². The van der Waals surface area contributed by atoms with Crippen molar-refractivity contribution < 1.29 is 0 Å². The first-order valence-corrected chi connectivity index (χ1v) is 9.13. The lowest BCUT2D eigenvalue weighted by atomic mass is 9.99. The molecule has 0 radical (unpaired) electrons. The van der Waals surface area contributed by atoms with Crippen LogP contribution in [0.5, 0.6) is 0 Å². The van der Waals surface area contributed by atoms with Crippen molar-refractivity contribution in [3.63, 3.8) is 0 Å². The highest BCUT2D eigenvalue weighted by Gasteiger charge is 2.11. The highest BCUT2D eigenvalue weighted by molar-refractivity contribution is 7.10. The monoisotopic (exact) mass is 344 g/mol.